The largest absolute Gasteiger partial charge is 0.466 e. The minimum absolute atomic E-state index is 0.0744. The number of hydrogen-bond acceptors (Lipinski definition) is 4. The van der Waals surface area contributed by atoms with Gasteiger partial charge in [-0.1, -0.05) is 0 Å². The van der Waals surface area contributed by atoms with E-state index in [0.717, 1.165) is 5.69 Å². The topological polar surface area (TPSA) is 70.1 Å². The first kappa shape index (κ1) is 11.7. The quantitative estimate of drug-likeness (QED) is 0.733. The normalized spacial score (nSPS) is 12.5. The van der Waals surface area contributed by atoms with Gasteiger partial charge in [-0.2, -0.15) is 0 Å². The van der Waals surface area contributed by atoms with E-state index in [-0.39, 0.29) is 12.0 Å². The van der Waals surface area contributed by atoms with Gasteiger partial charge >= 0.3 is 5.97 Å². The van der Waals surface area contributed by atoms with Crippen LogP contribution >= 0.6 is 0 Å². The summed E-state index contributed by atoms with van der Waals surface area (Å²) in [5, 5.41) is 0. The van der Waals surface area contributed by atoms with Crippen molar-refractivity contribution in [3.63, 3.8) is 0 Å². The molecule has 1 rings (SSSR count). The first-order chi connectivity index (χ1) is 7.15. The molecule has 0 unspecified atom stereocenters. The summed E-state index contributed by atoms with van der Waals surface area (Å²) >= 11 is 0. The number of nitrogens with two attached hydrogens (primary N) is 1. The zero-order valence-corrected chi connectivity index (χ0v) is 9.14. The standard InChI is InChI=1S/C10H17N3O2/c1-3-15-10(14)4-5-13-7-12-6-9(13)8(2)11/h6-8H,3-5,11H2,1-2H3/t8-/m0/s1. The molecular formula is C10H17N3O2. The summed E-state index contributed by atoms with van der Waals surface area (Å²) in [5.74, 6) is -0.193. The second-order valence-electron chi connectivity index (χ2n) is 3.36. The summed E-state index contributed by atoms with van der Waals surface area (Å²) in [7, 11) is 0. The minimum atomic E-state index is -0.193. The summed E-state index contributed by atoms with van der Waals surface area (Å²) in [4.78, 5) is 15.1. The smallest absolute Gasteiger partial charge is 0.307 e. The van der Waals surface area contributed by atoms with Gasteiger partial charge in [-0.15, -0.1) is 0 Å². The third-order valence-corrected chi connectivity index (χ3v) is 2.07. The van der Waals surface area contributed by atoms with Gasteiger partial charge in [-0.3, -0.25) is 4.79 Å². The molecule has 1 atom stereocenters. The Morgan fingerprint density at radius 3 is 3.07 bits per heavy atom. The van der Waals surface area contributed by atoms with Gasteiger partial charge in [0, 0.05) is 18.8 Å². The minimum Gasteiger partial charge on any atom is -0.466 e. The summed E-state index contributed by atoms with van der Waals surface area (Å²) in [6.45, 7) is 4.67. The van der Waals surface area contributed by atoms with Gasteiger partial charge < -0.3 is 15.0 Å². The van der Waals surface area contributed by atoms with Gasteiger partial charge in [0.05, 0.1) is 25.0 Å². The lowest BCUT2D eigenvalue weighted by Gasteiger charge is -2.09. The van der Waals surface area contributed by atoms with Crippen molar-refractivity contribution in [1.82, 2.24) is 9.55 Å². The maximum absolute atomic E-state index is 11.1. The molecule has 0 fully saturated rings. The zero-order chi connectivity index (χ0) is 11.3. The van der Waals surface area contributed by atoms with E-state index >= 15 is 0 Å². The molecule has 2 N–H and O–H groups in total. The molecule has 1 aromatic heterocycles. The number of hydrogen-bond donors (Lipinski definition) is 1. The van der Waals surface area contributed by atoms with E-state index in [4.69, 9.17) is 10.5 Å². The van der Waals surface area contributed by atoms with Gasteiger partial charge in [0.15, 0.2) is 0 Å². The van der Waals surface area contributed by atoms with E-state index < -0.39 is 0 Å². The molecule has 5 heteroatoms. The summed E-state index contributed by atoms with van der Waals surface area (Å²) in [6, 6.07) is -0.0744. The molecule has 15 heavy (non-hydrogen) atoms. The van der Waals surface area contributed by atoms with Crippen molar-refractivity contribution in [2.24, 2.45) is 5.73 Å². The highest BCUT2D eigenvalue weighted by Crippen LogP contribution is 2.09. The highest BCUT2D eigenvalue weighted by molar-refractivity contribution is 5.69. The fourth-order valence-electron chi connectivity index (χ4n) is 1.34. The van der Waals surface area contributed by atoms with Gasteiger partial charge in [0.25, 0.3) is 0 Å². The van der Waals surface area contributed by atoms with Crippen molar-refractivity contribution in [2.75, 3.05) is 6.61 Å². The van der Waals surface area contributed by atoms with E-state index in [0.29, 0.717) is 19.6 Å². The van der Waals surface area contributed by atoms with Crippen molar-refractivity contribution in [1.29, 1.82) is 0 Å². The Kier molecular flexibility index (Phi) is 4.30. The average Bonchev–Trinajstić information content (AvgIpc) is 2.63. The number of nitrogens with zero attached hydrogens (tertiary/aromatic N) is 2. The van der Waals surface area contributed by atoms with Crippen LogP contribution in [0.3, 0.4) is 0 Å². The molecule has 0 aromatic carbocycles. The molecular weight excluding hydrogens is 194 g/mol. The number of esters is 1. The molecule has 0 aliphatic carbocycles. The molecule has 1 aromatic rings. The average molecular weight is 211 g/mol. The summed E-state index contributed by atoms with van der Waals surface area (Å²) < 4.78 is 6.71. The molecule has 5 nitrogen and oxygen atoms in total. The third-order valence-electron chi connectivity index (χ3n) is 2.07. The number of rotatable bonds is 5. The first-order valence-electron chi connectivity index (χ1n) is 5.06. The van der Waals surface area contributed by atoms with Gasteiger partial charge in [-0.25, -0.2) is 4.98 Å². The fourth-order valence-corrected chi connectivity index (χ4v) is 1.34. The molecule has 0 amide bonds. The Labute approximate surface area is 89.2 Å². The number of ether oxygens (including phenoxy) is 1. The Hall–Kier alpha value is -1.36. The molecule has 0 aliphatic heterocycles. The number of carbonyl (C=O) groups is 1. The monoisotopic (exact) mass is 211 g/mol. The number of aryl methyl sites for hydroxylation is 1. The molecule has 1 heterocycles. The van der Waals surface area contributed by atoms with E-state index in [1.54, 1.807) is 19.4 Å². The first-order valence-corrected chi connectivity index (χ1v) is 5.06. The lowest BCUT2D eigenvalue weighted by molar-refractivity contribution is -0.143. The van der Waals surface area contributed by atoms with Crippen LogP contribution < -0.4 is 5.73 Å². The predicted octanol–water partition coefficient (Wildman–Crippen LogP) is 0.856. The Bertz CT molecular complexity index is 320. The number of aromatic nitrogens is 2. The van der Waals surface area contributed by atoms with Crippen LogP contribution in [0.15, 0.2) is 12.5 Å². The summed E-state index contributed by atoms with van der Waals surface area (Å²) in [5.41, 5.74) is 6.68. The predicted molar refractivity (Wildman–Crippen MR) is 56.1 cm³/mol. The lowest BCUT2D eigenvalue weighted by Crippen LogP contribution is -2.14. The van der Waals surface area contributed by atoms with Gasteiger partial charge in [0.1, 0.15) is 0 Å². The molecule has 0 spiro atoms. The van der Waals surface area contributed by atoms with E-state index in [1.165, 1.54) is 0 Å². The third kappa shape index (κ3) is 3.36. The molecule has 0 saturated carbocycles. The van der Waals surface area contributed by atoms with Crippen LogP contribution in [0.4, 0.5) is 0 Å². The molecule has 0 bridgehead atoms. The van der Waals surface area contributed by atoms with Crippen LogP contribution in [-0.4, -0.2) is 22.1 Å². The van der Waals surface area contributed by atoms with Gasteiger partial charge in [-0.05, 0) is 13.8 Å². The molecule has 0 saturated heterocycles. The van der Waals surface area contributed by atoms with Crippen LogP contribution in [-0.2, 0) is 16.1 Å². The molecule has 84 valence electrons. The van der Waals surface area contributed by atoms with Gasteiger partial charge in [0.2, 0.25) is 0 Å². The fraction of sp³-hybridized carbons (Fsp3) is 0.600. The SMILES string of the molecule is CCOC(=O)CCn1cncc1[C@H](C)N. The van der Waals surface area contributed by atoms with Crippen LogP contribution in [0.25, 0.3) is 0 Å². The Morgan fingerprint density at radius 1 is 1.73 bits per heavy atom. The number of carbonyl (C=O) groups excluding carboxylic acids is 1. The van der Waals surface area contributed by atoms with E-state index in [9.17, 15) is 4.79 Å². The zero-order valence-electron chi connectivity index (χ0n) is 9.14. The maximum atomic E-state index is 11.1. The highest BCUT2D eigenvalue weighted by atomic mass is 16.5. The second-order valence-corrected chi connectivity index (χ2v) is 3.36. The summed E-state index contributed by atoms with van der Waals surface area (Å²) in [6.07, 6.45) is 3.75. The lowest BCUT2D eigenvalue weighted by atomic mass is 10.2. The Morgan fingerprint density at radius 2 is 2.47 bits per heavy atom. The van der Waals surface area contributed by atoms with Crippen LogP contribution in [0, 0.1) is 0 Å². The van der Waals surface area contributed by atoms with Crippen molar-refractivity contribution >= 4 is 5.97 Å². The maximum Gasteiger partial charge on any atom is 0.307 e. The van der Waals surface area contributed by atoms with Crippen LogP contribution in [0.5, 0.6) is 0 Å². The van der Waals surface area contributed by atoms with Crippen molar-refractivity contribution in [2.45, 2.75) is 32.9 Å². The molecule has 0 aliphatic rings. The molecule has 0 radical (unpaired) electrons. The van der Waals surface area contributed by atoms with Crippen molar-refractivity contribution in [3.05, 3.63) is 18.2 Å². The van der Waals surface area contributed by atoms with Crippen molar-refractivity contribution in [3.8, 4) is 0 Å². The second kappa shape index (κ2) is 5.50. The van der Waals surface area contributed by atoms with Crippen LogP contribution in [0.2, 0.25) is 0 Å². The Balaban J connectivity index is 2.50. The number of imidazole rings is 1. The highest BCUT2D eigenvalue weighted by Gasteiger charge is 2.08. The van der Waals surface area contributed by atoms with Crippen molar-refractivity contribution < 1.29 is 9.53 Å². The van der Waals surface area contributed by atoms with E-state index in [1.807, 2.05) is 11.5 Å². The van der Waals surface area contributed by atoms with Crippen LogP contribution in [0.1, 0.15) is 32.0 Å². The van der Waals surface area contributed by atoms with E-state index in [2.05, 4.69) is 4.98 Å².